The lowest BCUT2D eigenvalue weighted by molar-refractivity contribution is -0.144. The van der Waals surface area contributed by atoms with Crippen molar-refractivity contribution < 1.29 is 27.8 Å². The number of ether oxygens (including phenoxy) is 2. The van der Waals surface area contributed by atoms with Gasteiger partial charge in [-0.2, -0.15) is 0 Å². The van der Waals surface area contributed by atoms with Gasteiger partial charge in [-0.05, 0) is 43.9 Å². The van der Waals surface area contributed by atoms with Gasteiger partial charge in [-0.3, -0.25) is 9.59 Å². The van der Waals surface area contributed by atoms with Crippen LogP contribution >= 0.6 is 0 Å². The molecule has 0 fully saturated rings. The smallest absolute Gasteiger partial charge is 0.306 e. The van der Waals surface area contributed by atoms with Crippen LogP contribution in [0, 0.1) is 11.6 Å². The summed E-state index contributed by atoms with van der Waals surface area (Å²) in [4.78, 5) is 22.7. The van der Waals surface area contributed by atoms with Crippen molar-refractivity contribution in [2.45, 2.75) is 39.5 Å². The average Bonchev–Trinajstić information content (AvgIpc) is 2.44. The van der Waals surface area contributed by atoms with Crippen molar-refractivity contribution in [3.63, 3.8) is 0 Å². The molecule has 0 spiro atoms. The fourth-order valence-corrected chi connectivity index (χ4v) is 2.09. The van der Waals surface area contributed by atoms with E-state index >= 15 is 0 Å². The second-order valence-corrected chi connectivity index (χ2v) is 4.64. The molecule has 1 rings (SSSR count). The van der Waals surface area contributed by atoms with Crippen LogP contribution in [0.4, 0.5) is 8.78 Å². The summed E-state index contributed by atoms with van der Waals surface area (Å²) in [7, 11) is 0. The van der Waals surface area contributed by atoms with Crippen LogP contribution in [0.15, 0.2) is 12.1 Å². The predicted octanol–water partition coefficient (Wildman–Crippen LogP) is 2.96. The molecule has 0 unspecified atom stereocenters. The molecule has 0 N–H and O–H groups in total. The number of hydrogen-bond acceptors (Lipinski definition) is 4. The largest absolute Gasteiger partial charge is 0.466 e. The molecule has 0 amide bonds. The Morgan fingerprint density at radius 2 is 1.50 bits per heavy atom. The highest BCUT2D eigenvalue weighted by Gasteiger charge is 2.15. The third-order valence-electron chi connectivity index (χ3n) is 3.04. The maximum atomic E-state index is 13.9. The lowest BCUT2D eigenvalue weighted by Crippen LogP contribution is -2.10. The lowest BCUT2D eigenvalue weighted by Gasteiger charge is -2.11. The molecule has 1 aromatic carbocycles. The molecule has 0 aliphatic heterocycles. The van der Waals surface area contributed by atoms with Gasteiger partial charge in [0.2, 0.25) is 0 Å². The lowest BCUT2D eigenvalue weighted by atomic mass is 9.98. The number of carbonyl (C=O) groups excluding carboxylic acids is 2. The van der Waals surface area contributed by atoms with Crippen molar-refractivity contribution in [1.29, 1.82) is 0 Å². The van der Waals surface area contributed by atoms with Gasteiger partial charge in [0.1, 0.15) is 11.6 Å². The first-order chi connectivity index (χ1) is 10.5. The van der Waals surface area contributed by atoms with E-state index in [2.05, 4.69) is 0 Å². The first kappa shape index (κ1) is 18.1. The maximum Gasteiger partial charge on any atom is 0.306 e. The van der Waals surface area contributed by atoms with Gasteiger partial charge in [0.15, 0.2) is 0 Å². The standard InChI is InChI=1S/C16H20F2O4/c1-3-21-15(19)7-5-11-9-12(17)10-14(18)13(11)6-8-16(20)22-4-2/h9-10H,3-8H2,1-2H3. The molecule has 0 radical (unpaired) electrons. The zero-order chi connectivity index (χ0) is 16.5. The SMILES string of the molecule is CCOC(=O)CCc1cc(F)cc(F)c1CCC(=O)OCC. The van der Waals surface area contributed by atoms with Gasteiger partial charge >= 0.3 is 11.9 Å². The van der Waals surface area contributed by atoms with E-state index in [1.807, 2.05) is 0 Å². The third kappa shape index (κ3) is 5.79. The number of aryl methyl sites for hydroxylation is 1. The van der Waals surface area contributed by atoms with E-state index < -0.39 is 23.6 Å². The molecule has 0 saturated carbocycles. The molecule has 22 heavy (non-hydrogen) atoms. The number of carbonyl (C=O) groups is 2. The summed E-state index contributed by atoms with van der Waals surface area (Å²) in [5, 5.41) is 0. The molecule has 0 bridgehead atoms. The summed E-state index contributed by atoms with van der Waals surface area (Å²) in [6.45, 7) is 3.87. The number of benzene rings is 1. The van der Waals surface area contributed by atoms with E-state index in [9.17, 15) is 18.4 Å². The molecule has 1 aromatic rings. The fraction of sp³-hybridized carbons (Fsp3) is 0.500. The maximum absolute atomic E-state index is 13.9. The van der Waals surface area contributed by atoms with Crippen LogP contribution in [0.3, 0.4) is 0 Å². The van der Waals surface area contributed by atoms with E-state index in [1.165, 1.54) is 6.07 Å². The van der Waals surface area contributed by atoms with Crippen molar-refractivity contribution in [1.82, 2.24) is 0 Å². The Morgan fingerprint density at radius 3 is 2.05 bits per heavy atom. The third-order valence-corrected chi connectivity index (χ3v) is 3.04. The molecule has 6 heteroatoms. The normalized spacial score (nSPS) is 10.4. The molecule has 0 aromatic heterocycles. The first-order valence-corrected chi connectivity index (χ1v) is 7.25. The van der Waals surface area contributed by atoms with Gasteiger partial charge in [0.05, 0.1) is 13.2 Å². The van der Waals surface area contributed by atoms with Crippen LogP contribution in [-0.2, 0) is 31.9 Å². The van der Waals surface area contributed by atoms with Gasteiger partial charge in [0, 0.05) is 18.9 Å². The molecule has 0 saturated heterocycles. The second-order valence-electron chi connectivity index (χ2n) is 4.64. The van der Waals surface area contributed by atoms with Crippen LogP contribution in [-0.4, -0.2) is 25.2 Å². The minimum absolute atomic E-state index is 0.00278. The van der Waals surface area contributed by atoms with E-state index in [0.717, 1.165) is 6.07 Å². The Labute approximate surface area is 128 Å². The summed E-state index contributed by atoms with van der Waals surface area (Å²) in [6.07, 6.45) is 0.292. The quantitative estimate of drug-likeness (QED) is 0.692. The van der Waals surface area contributed by atoms with Gasteiger partial charge in [-0.1, -0.05) is 0 Å². The molecule has 4 nitrogen and oxygen atoms in total. The summed E-state index contributed by atoms with van der Waals surface area (Å²) >= 11 is 0. The summed E-state index contributed by atoms with van der Waals surface area (Å²) in [6, 6.07) is 1.96. The van der Waals surface area contributed by atoms with E-state index in [0.29, 0.717) is 5.56 Å². The van der Waals surface area contributed by atoms with Crippen LogP contribution < -0.4 is 0 Å². The highest BCUT2D eigenvalue weighted by Crippen LogP contribution is 2.20. The fourth-order valence-electron chi connectivity index (χ4n) is 2.09. The van der Waals surface area contributed by atoms with E-state index in [4.69, 9.17) is 9.47 Å². The highest BCUT2D eigenvalue weighted by molar-refractivity contribution is 5.70. The van der Waals surface area contributed by atoms with Crippen molar-refractivity contribution in [2.75, 3.05) is 13.2 Å². The first-order valence-electron chi connectivity index (χ1n) is 7.25. The van der Waals surface area contributed by atoms with Gasteiger partial charge in [-0.15, -0.1) is 0 Å². The topological polar surface area (TPSA) is 52.6 Å². The molecule has 0 heterocycles. The summed E-state index contributed by atoms with van der Waals surface area (Å²) < 4.78 is 36.8. The minimum Gasteiger partial charge on any atom is -0.466 e. The number of esters is 2. The monoisotopic (exact) mass is 314 g/mol. The van der Waals surface area contributed by atoms with Gasteiger partial charge in [0.25, 0.3) is 0 Å². The predicted molar refractivity (Wildman–Crippen MR) is 76.3 cm³/mol. The Kier molecular flexibility index (Phi) is 7.49. The molecular formula is C16H20F2O4. The van der Waals surface area contributed by atoms with Crippen molar-refractivity contribution >= 4 is 11.9 Å². The summed E-state index contributed by atoms with van der Waals surface area (Å²) in [5.41, 5.74) is 0.605. The zero-order valence-electron chi connectivity index (χ0n) is 12.8. The highest BCUT2D eigenvalue weighted by atomic mass is 19.1. The van der Waals surface area contributed by atoms with E-state index in [-0.39, 0.29) is 44.5 Å². The van der Waals surface area contributed by atoms with Crippen molar-refractivity contribution in [2.24, 2.45) is 0 Å². The molecule has 0 aliphatic carbocycles. The molecular weight excluding hydrogens is 294 g/mol. The van der Waals surface area contributed by atoms with Crippen LogP contribution in [0.25, 0.3) is 0 Å². The number of halogens is 2. The Hall–Kier alpha value is -1.98. The van der Waals surface area contributed by atoms with E-state index in [1.54, 1.807) is 13.8 Å². The Balaban J connectivity index is 2.81. The van der Waals surface area contributed by atoms with Crippen molar-refractivity contribution in [3.05, 3.63) is 34.9 Å². The second kappa shape index (κ2) is 9.12. The number of rotatable bonds is 8. The van der Waals surface area contributed by atoms with Gasteiger partial charge in [-0.25, -0.2) is 8.78 Å². The van der Waals surface area contributed by atoms with Crippen LogP contribution in [0.5, 0.6) is 0 Å². The zero-order valence-corrected chi connectivity index (χ0v) is 12.8. The molecule has 122 valence electrons. The van der Waals surface area contributed by atoms with Crippen LogP contribution in [0.1, 0.15) is 37.8 Å². The average molecular weight is 314 g/mol. The molecule has 0 atom stereocenters. The van der Waals surface area contributed by atoms with Crippen molar-refractivity contribution in [3.8, 4) is 0 Å². The summed E-state index contributed by atoms with van der Waals surface area (Å²) in [5.74, 6) is -2.30. The minimum atomic E-state index is -0.719. The van der Waals surface area contributed by atoms with Crippen LogP contribution in [0.2, 0.25) is 0 Å². The number of hydrogen-bond donors (Lipinski definition) is 0. The molecule has 0 aliphatic rings. The Morgan fingerprint density at radius 1 is 0.955 bits per heavy atom. The van der Waals surface area contributed by atoms with Gasteiger partial charge < -0.3 is 9.47 Å². The Bertz CT molecular complexity index is 529.